The Balaban J connectivity index is 1.55. The van der Waals surface area contributed by atoms with Gasteiger partial charge in [0, 0.05) is 37.4 Å². The van der Waals surface area contributed by atoms with E-state index in [2.05, 4.69) is 15.3 Å². The van der Waals surface area contributed by atoms with Crippen molar-refractivity contribution in [3.63, 3.8) is 0 Å². The van der Waals surface area contributed by atoms with Gasteiger partial charge in [0.15, 0.2) is 11.5 Å². The van der Waals surface area contributed by atoms with Crippen molar-refractivity contribution in [2.45, 2.75) is 0 Å². The third kappa shape index (κ3) is 6.51. The first-order valence-corrected chi connectivity index (χ1v) is 11.5. The monoisotopic (exact) mass is 513 g/mol. The Hall–Kier alpha value is -3.66. The molecule has 0 atom stereocenters. The van der Waals surface area contributed by atoms with Crippen molar-refractivity contribution in [2.24, 2.45) is 0 Å². The van der Waals surface area contributed by atoms with Crippen molar-refractivity contribution in [3.8, 4) is 23.0 Å². The highest BCUT2D eigenvalue weighted by atomic mass is 35.5. The molecule has 0 bridgehead atoms. The molecule has 4 aromatic rings. The Morgan fingerprint density at radius 1 is 0.806 bits per heavy atom. The van der Waals surface area contributed by atoms with Gasteiger partial charge in [-0.3, -0.25) is 0 Å². The zero-order valence-corrected chi connectivity index (χ0v) is 20.5. The van der Waals surface area contributed by atoms with Gasteiger partial charge in [0.05, 0.1) is 23.8 Å². The molecule has 0 unspecified atom stereocenters. The van der Waals surface area contributed by atoms with Gasteiger partial charge in [-0.05, 0) is 42.5 Å². The van der Waals surface area contributed by atoms with Gasteiger partial charge in [0.2, 0.25) is 0 Å². The molecule has 1 aromatic heterocycles. The van der Waals surface area contributed by atoms with E-state index >= 15 is 0 Å². The minimum Gasteiger partial charge on any atom is -0.487 e. The van der Waals surface area contributed by atoms with Crippen LogP contribution in [-0.4, -0.2) is 50.6 Å². The van der Waals surface area contributed by atoms with Crippen LogP contribution in [0.15, 0.2) is 60.9 Å². The molecule has 0 aliphatic heterocycles. The van der Waals surface area contributed by atoms with Crippen LogP contribution >= 0.6 is 11.6 Å². The fraction of sp³-hybridized carbons (Fsp3) is 0.231. The summed E-state index contributed by atoms with van der Waals surface area (Å²) >= 11 is 5.83. The number of methoxy groups -OCH3 is 2. The summed E-state index contributed by atoms with van der Waals surface area (Å²) in [7, 11) is 3.22. The summed E-state index contributed by atoms with van der Waals surface area (Å²) in [5.74, 6) is 2.22. The Kier molecular flexibility index (Phi) is 8.72. The van der Waals surface area contributed by atoms with E-state index in [1.54, 1.807) is 26.4 Å². The number of hydrogen-bond donors (Lipinski definition) is 1. The van der Waals surface area contributed by atoms with E-state index in [0.717, 1.165) is 11.1 Å². The van der Waals surface area contributed by atoms with Gasteiger partial charge in [0.1, 0.15) is 42.7 Å². The maximum Gasteiger partial charge on any atom is 0.163 e. The second-order valence-electron chi connectivity index (χ2n) is 7.55. The van der Waals surface area contributed by atoms with Gasteiger partial charge in [-0.2, -0.15) is 0 Å². The lowest BCUT2D eigenvalue weighted by atomic mass is 10.2. The zero-order valence-electron chi connectivity index (χ0n) is 19.8. The van der Waals surface area contributed by atoms with Crippen molar-refractivity contribution in [1.29, 1.82) is 0 Å². The quantitative estimate of drug-likeness (QED) is 0.231. The molecule has 0 fully saturated rings. The molecule has 0 aliphatic carbocycles. The van der Waals surface area contributed by atoms with Gasteiger partial charge in [0.25, 0.3) is 0 Å². The van der Waals surface area contributed by atoms with Crippen LogP contribution in [0.1, 0.15) is 0 Å². The summed E-state index contributed by atoms with van der Waals surface area (Å²) < 4.78 is 41.0. The van der Waals surface area contributed by atoms with Crippen molar-refractivity contribution < 1.29 is 28.1 Å². The van der Waals surface area contributed by atoms with Crippen LogP contribution in [-0.2, 0) is 9.47 Å². The standard InChI is InChI=1S/C26H25ClFN3O5/c1-32-9-11-34-24-14-20-23(15-25(24)35-12-10-33-2)29-16-30-26(20)31-17-3-5-18(6-4-17)36-19-7-8-22(28)21(27)13-19/h3-8,13-16H,9-12H2,1-2H3,(H,29,30,31). The van der Waals surface area contributed by atoms with Crippen molar-refractivity contribution in [1.82, 2.24) is 9.97 Å². The van der Waals surface area contributed by atoms with Gasteiger partial charge in [-0.15, -0.1) is 0 Å². The minimum atomic E-state index is -0.499. The fourth-order valence-corrected chi connectivity index (χ4v) is 3.45. The van der Waals surface area contributed by atoms with Crippen molar-refractivity contribution in [2.75, 3.05) is 46.0 Å². The number of benzene rings is 3. The molecule has 0 saturated carbocycles. The number of halogens is 2. The molecule has 3 aromatic carbocycles. The molecular formula is C26H25ClFN3O5. The summed E-state index contributed by atoms with van der Waals surface area (Å²) in [4.78, 5) is 8.79. The molecule has 10 heteroatoms. The third-order valence-electron chi connectivity index (χ3n) is 5.03. The molecule has 0 amide bonds. The highest BCUT2D eigenvalue weighted by Crippen LogP contribution is 2.35. The highest BCUT2D eigenvalue weighted by molar-refractivity contribution is 6.30. The van der Waals surface area contributed by atoms with Gasteiger partial charge >= 0.3 is 0 Å². The highest BCUT2D eigenvalue weighted by Gasteiger charge is 2.13. The van der Waals surface area contributed by atoms with E-state index in [-0.39, 0.29) is 5.02 Å². The van der Waals surface area contributed by atoms with Crippen molar-refractivity contribution in [3.05, 3.63) is 71.8 Å². The third-order valence-corrected chi connectivity index (χ3v) is 5.32. The van der Waals surface area contributed by atoms with E-state index in [9.17, 15) is 4.39 Å². The van der Waals surface area contributed by atoms with Crippen LogP contribution in [0.4, 0.5) is 15.9 Å². The maximum atomic E-state index is 13.4. The Morgan fingerprint density at radius 3 is 2.14 bits per heavy atom. The van der Waals surface area contributed by atoms with Crippen LogP contribution in [0.25, 0.3) is 10.9 Å². The van der Waals surface area contributed by atoms with Crippen LogP contribution in [0.3, 0.4) is 0 Å². The van der Waals surface area contributed by atoms with E-state index in [1.807, 2.05) is 24.3 Å². The lowest BCUT2D eigenvalue weighted by molar-refractivity contribution is 0.132. The molecule has 0 spiro atoms. The number of nitrogens with zero attached hydrogens (tertiary/aromatic N) is 2. The van der Waals surface area contributed by atoms with E-state index in [0.29, 0.717) is 60.8 Å². The van der Waals surface area contributed by atoms with Crippen LogP contribution in [0.2, 0.25) is 5.02 Å². The molecule has 188 valence electrons. The van der Waals surface area contributed by atoms with E-state index in [4.69, 9.17) is 35.3 Å². The number of ether oxygens (including phenoxy) is 5. The summed E-state index contributed by atoms with van der Waals surface area (Å²) in [6, 6.07) is 15.1. The van der Waals surface area contributed by atoms with E-state index in [1.165, 1.54) is 24.5 Å². The Morgan fingerprint density at radius 2 is 1.47 bits per heavy atom. The molecule has 1 N–H and O–H groups in total. The maximum absolute atomic E-state index is 13.4. The molecule has 1 heterocycles. The Bertz CT molecular complexity index is 1310. The largest absolute Gasteiger partial charge is 0.487 e. The number of rotatable bonds is 12. The first-order chi connectivity index (χ1) is 17.6. The molecule has 0 aliphatic rings. The second-order valence-corrected chi connectivity index (χ2v) is 7.96. The SMILES string of the molecule is COCCOc1cc2ncnc(Nc3ccc(Oc4ccc(F)c(Cl)c4)cc3)c2cc1OCCOC. The Labute approximate surface area is 212 Å². The topological polar surface area (TPSA) is 84.0 Å². The second kappa shape index (κ2) is 12.3. The van der Waals surface area contributed by atoms with Gasteiger partial charge in [-0.1, -0.05) is 11.6 Å². The van der Waals surface area contributed by atoms with Gasteiger partial charge in [-0.25, -0.2) is 14.4 Å². The predicted molar refractivity (Wildman–Crippen MR) is 135 cm³/mol. The number of fused-ring (bicyclic) bond motifs is 1. The first kappa shape index (κ1) is 25.4. The molecule has 0 saturated heterocycles. The van der Waals surface area contributed by atoms with Crippen LogP contribution in [0.5, 0.6) is 23.0 Å². The number of aromatic nitrogens is 2. The average Bonchev–Trinajstić information content (AvgIpc) is 2.88. The number of anilines is 2. The summed E-state index contributed by atoms with van der Waals surface area (Å²) in [5, 5.41) is 4.06. The minimum absolute atomic E-state index is 0.000695. The summed E-state index contributed by atoms with van der Waals surface area (Å²) in [5.41, 5.74) is 1.47. The number of hydrogen-bond acceptors (Lipinski definition) is 8. The molecule has 36 heavy (non-hydrogen) atoms. The van der Waals surface area contributed by atoms with Crippen molar-refractivity contribution >= 4 is 34.0 Å². The smallest absolute Gasteiger partial charge is 0.163 e. The summed E-state index contributed by atoms with van der Waals surface area (Å²) in [6.45, 7) is 1.61. The van der Waals surface area contributed by atoms with Crippen LogP contribution < -0.4 is 19.5 Å². The molecule has 4 rings (SSSR count). The van der Waals surface area contributed by atoms with E-state index < -0.39 is 5.82 Å². The number of nitrogens with one attached hydrogen (secondary N) is 1. The normalized spacial score (nSPS) is 10.9. The molecular weight excluding hydrogens is 489 g/mol. The first-order valence-electron chi connectivity index (χ1n) is 11.1. The molecule has 8 nitrogen and oxygen atoms in total. The van der Waals surface area contributed by atoms with Gasteiger partial charge < -0.3 is 29.0 Å². The summed E-state index contributed by atoms with van der Waals surface area (Å²) in [6.07, 6.45) is 1.48. The lowest BCUT2D eigenvalue weighted by Crippen LogP contribution is -2.09. The zero-order chi connectivity index (χ0) is 25.3. The lowest BCUT2D eigenvalue weighted by Gasteiger charge is -2.15. The fourth-order valence-electron chi connectivity index (χ4n) is 3.28. The van der Waals surface area contributed by atoms with Crippen LogP contribution in [0, 0.1) is 5.82 Å². The molecule has 0 radical (unpaired) electrons. The predicted octanol–water partition coefficient (Wildman–Crippen LogP) is 6.01. The average molecular weight is 514 g/mol.